The minimum absolute atomic E-state index is 0.0556. The van der Waals surface area contributed by atoms with Crippen LogP contribution >= 0.6 is 11.6 Å². The number of benzene rings is 2. The van der Waals surface area contributed by atoms with Gasteiger partial charge in [0.15, 0.2) is 6.61 Å². The van der Waals surface area contributed by atoms with Crippen LogP contribution in [0, 0.1) is 10.1 Å². The highest BCUT2D eigenvalue weighted by Crippen LogP contribution is 2.26. The molecular formula is C16H10ClN3O5. The Balaban J connectivity index is 1.68. The van der Waals surface area contributed by atoms with E-state index in [-0.39, 0.29) is 29.6 Å². The van der Waals surface area contributed by atoms with Crippen molar-refractivity contribution in [3.8, 4) is 11.5 Å². The van der Waals surface area contributed by atoms with Crippen molar-refractivity contribution in [3.05, 3.63) is 75.1 Å². The van der Waals surface area contributed by atoms with Crippen LogP contribution in [0.4, 0.5) is 5.69 Å². The Labute approximate surface area is 146 Å². The Hall–Kier alpha value is -3.26. The average Bonchev–Trinajstić information content (AvgIpc) is 3.09. The number of aromatic nitrogens is 2. The first kappa shape index (κ1) is 16.6. The van der Waals surface area contributed by atoms with Crippen molar-refractivity contribution in [2.45, 2.75) is 6.61 Å². The van der Waals surface area contributed by atoms with E-state index in [0.29, 0.717) is 10.6 Å². The highest BCUT2D eigenvalue weighted by molar-refractivity contribution is 6.33. The highest BCUT2D eigenvalue weighted by Gasteiger charge is 2.15. The number of hydrogen-bond acceptors (Lipinski definition) is 7. The third-order valence-corrected chi connectivity index (χ3v) is 3.52. The molecule has 2 aromatic carbocycles. The van der Waals surface area contributed by atoms with E-state index in [0.717, 1.165) is 6.07 Å². The molecule has 25 heavy (non-hydrogen) atoms. The maximum absolute atomic E-state index is 12.0. The lowest BCUT2D eigenvalue weighted by molar-refractivity contribution is -0.384. The molecule has 9 heteroatoms. The number of hydrogen-bond donors (Lipinski definition) is 0. The summed E-state index contributed by atoms with van der Waals surface area (Å²) in [5.74, 6) is -0.457. The summed E-state index contributed by atoms with van der Waals surface area (Å²) in [6, 6.07) is 12.2. The molecule has 0 aliphatic heterocycles. The summed E-state index contributed by atoms with van der Waals surface area (Å²) in [5.41, 5.74) is 0.418. The smallest absolute Gasteiger partial charge is 0.338 e. The number of esters is 1. The van der Waals surface area contributed by atoms with Crippen molar-refractivity contribution in [3.63, 3.8) is 0 Å². The number of non-ortho nitro benzene ring substituents is 1. The molecule has 0 amide bonds. The SMILES string of the molecule is O=C(OCc1nnc(-c2ccccc2Cl)o1)c1cccc([N+](=O)[O-])c1. The molecule has 3 aromatic rings. The Bertz CT molecular complexity index is 941. The molecule has 0 saturated heterocycles. The summed E-state index contributed by atoms with van der Waals surface area (Å²) in [6.45, 7) is -0.265. The van der Waals surface area contributed by atoms with E-state index in [1.54, 1.807) is 24.3 Å². The fraction of sp³-hybridized carbons (Fsp3) is 0.0625. The van der Waals surface area contributed by atoms with Crippen LogP contribution in [0.5, 0.6) is 0 Å². The lowest BCUT2D eigenvalue weighted by Crippen LogP contribution is -2.06. The third kappa shape index (κ3) is 3.81. The molecule has 0 saturated carbocycles. The van der Waals surface area contributed by atoms with Gasteiger partial charge in [-0.3, -0.25) is 10.1 Å². The van der Waals surface area contributed by atoms with Crippen LogP contribution in [-0.4, -0.2) is 21.1 Å². The van der Waals surface area contributed by atoms with E-state index >= 15 is 0 Å². The van der Waals surface area contributed by atoms with Gasteiger partial charge in [-0.25, -0.2) is 4.79 Å². The van der Waals surface area contributed by atoms with E-state index in [9.17, 15) is 14.9 Å². The molecule has 0 unspecified atom stereocenters. The van der Waals surface area contributed by atoms with Crippen molar-refractivity contribution >= 4 is 23.3 Å². The first-order valence-corrected chi connectivity index (χ1v) is 7.41. The fourth-order valence-corrected chi connectivity index (χ4v) is 2.23. The zero-order chi connectivity index (χ0) is 17.8. The summed E-state index contributed by atoms with van der Waals surface area (Å²) >= 11 is 6.05. The maximum atomic E-state index is 12.0. The van der Waals surface area contributed by atoms with Crippen LogP contribution < -0.4 is 0 Å². The molecule has 0 atom stereocenters. The van der Waals surface area contributed by atoms with Crippen molar-refractivity contribution in [1.82, 2.24) is 10.2 Å². The molecule has 0 fully saturated rings. The van der Waals surface area contributed by atoms with Crippen LogP contribution in [0.3, 0.4) is 0 Å². The molecule has 1 aromatic heterocycles. The summed E-state index contributed by atoms with van der Waals surface area (Å²) in [7, 11) is 0. The number of nitrogens with zero attached hydrogens (tertiary/aromatic N) is 3. The third-order valence-electron chi connectivity index (χ3n) is 3.19. The van der Waals surface area contributed by atoms with Crippen molar-refractivity contribution in [2.24, 2.45) is 0 Å². The van der Waals surface area contributed by atoms with Crippen LogP contribution in [0.1, 0.15) is 16.2 Å². The van der Waals surface area contributed by atoms with E-state index in [1.807, 2.05) is 0 Å². The van der Waals surface area contributed by atoms with Crippen LogP contribution in [0.2, 0.25) is 5.02 Å². The van der Waals surface area contributed by atoms with Crippen molar-refractivity contribution < 1.29 is 18.9 Å². The lowest BCUT2D eigenvalue weighted by atomic mass is 10.2. The second-order valence-electron chi connectivity index (χ2n) is 4.86. The largest absolute Gasteiger partial charge is 0.452 e. The highest BCUT2D eigenvalue weighted by atomic mass is 35.5. The number of halogens is 1. The van der Waals surface area contributed by atoms with Crippen LogP contribution in [-0.2, 0) is 11.3 Å². The van der Waals surface area contributed by atoms with Gasteiger partial charge in [-0.15, -0.1) is 10.2 Å². The molecular weight excluding hydrogens is 350 g/mol. The van der Waals surface area contributed by atoms with Gasteiger partial charge in [0.05, 0.1) is 21.1 Å². The molecule has 0 aliphatic carbocycles. The molecule has 8 nitrogen and oxygen atoms in total. The monoisotopic (exact) mass is 359 g/mol. The van der Waals surface area contributed by atoms with Gasteiger partial charge in [-0.05, 0) is 18.2 Å². The molecule has 1 heterocycles. The molecule has 0 aliphatic rings. The van der Waals surface area contributed by atoms with Gasteiger partial charge >= 0.3 is 5.97 Å². The lowest BCUT2D eigenvalue weighted by Gasteiger charge is -2.02. The van der Waals surface area contributed by atoms with Gasteiger partial charge in [-0.2, -0.15) is 0 Å². The van der Waals surface area contributed by atoms with E-state index in [2.05, 4.69) is 10.2 Å². The van der Waals surface area contributed by atoms with Gasteiger partial charge in [0.1, 0.15) is 0 Å². The average molecular weight is 360 g/mol. The van der Waals surface area contributed by atoms with Crippen molar-refractivity contribution in [2.75, 3.05) is 0 Å². The second-order valence-corrected chi connectivity index (χ2v) is 5.27. The summed E-state index contributed by atoms with van der Waals surface area (Å²) in [4.78, 5) is 22.1. The zero-order valence-corrected chi connectivity index (χ0v) is 13.3. The first-order valence-electron chi connectivity index (χ1n) is 7.03. The van der Waals surface area contributed by atoms with Gasteiger partial charge in [-0.1, -0.05) is 29.8 Å². The Morgan fingerprint density at radius 1 is 1.20 bits per heavy atom. The number of carbonyl (C=O) groups excluding carboxylic acids is 1. The standard InChI is InChI=1S/C16H10ClN3O5/c17-13-7-2-1-6-12(13)15-19-18-14(25-15)9-24-16(21)10-4-3-5-11(8-10)20(22)23/h1-8H,9H2. The van der Waals surface area contributed by atoms with E-state index in [4.69, 9.17) is 20.8 Å². The summed E-state index contributed by atoms with van der Waals surface area (Å²) in [5, 5.41) is 18.8. The fourth-order valence-electron chi connectivity index (χ4n) is 2.01. The maximum Gasteiger partial charge on any atom is 0.338 e. The Morgan fingerprint density at radius 2 is 2.00 bits per heavy atom. The van der Waals surface area contributed by atoms with Gasteiger partial charge < -0.3 is 9.15 Å². The van der Waals surface area contributed by atoms with E-state index in [1.165, 1.54) is 18.2 Å². The number of carbonyl (C=O) groups is 1. The number of nitro groups is 1. The van der Waals surface area contributed by atoms with Crippen molar-refractivity contribution in [1.29, 1.82) is 0 Å². The van der Waals surface area contributed by atoms with Gasteiger partial charge in [0.2, 0.25) is 5.89 Å². The summed E-state index contributed by atoms with van der Waals surface area (Å²) < 4.78 is 10.4. The zero-order valence-electron chi connectivity index (χ0n) is 12.6. The topological polar surface area (TPSA) is 108 Å². The molecule has 126 valence electrons. The molecule has 0 N–H and O–H groups in total. The quantitative estimate of drug-likeness (QED) is 0.388. The number of nitro benzene ring substituents is 1. The number of ether oxygens (including phenoxy) is 1. The van der Waals surface area contributed by atoms with Crippen LogP contribution in [0.25, 0.3) is 11.5 Å². The van der Waals surface area contributed by atoms with Gasteiger partial charge in [0.25, 0.3) is 11.6 Å². The molecule has 0 radical (unpaired) electrons. The van der Waals surface area contributed by atoms with E-state index < -0.39 is 10.9 Å². The minimum atomic E-state index is -0.735. The molecule has 0 bridgehead atoms. The van der Waals surface area contributed by atoms with Gasteiger partial charge in [0, 0.05) is 12.1 Å². The Morgan fingerprint density at radius 3 is 2.76 bits per heavy atom. The number of rotatable bonds is 5. The summed E-state index contributed by atoms with van der Waals surface area (Å²) in [6.07, 6.45) is 0. The normalized spacial score (nSPS) is 10.4. The minimum Gasteiger partial charge on any atom is -0.452 e. The predicted octanol–water partition coefficient (Wildman–Crippen LogP) is 3.66. The Kier molecular flexibility index (Phi) is 4.71. The predicted molar refractivity (Wildman–Crippen MR) is 87.0 cm³/mol. The molecule has 0 spiro atoms. The molecule has 3 rings (SSSR count). The first-order chi connectivity index (χ1) is 12.0. The second kappa shape index (κ2) is 7.10. The van der Waals surface area contributed by atoms with Crippen LogP contribution in [0.15, 0.2) is 52.9 Å².